The number of nitrogens with one attached hydrogen (secondary N) is 1. The molecule has 4 fully saturated rings. The molecule has 4 aliphatic heterocycles. The Kier molecular flexibility index (Phi) is 20.4. The molecule has 39 heteroatoms. The number of imidazole rings is 3. The minimum absolute atomic E-state index is 0.0176. The van der Waals surface area contributed by atoms with Crippen LogP contribution in [0, 0.1) is 6.08 Å². The van der Waals surface area contributed by atoms with Crippen LogP contribution in [0.25, 0.3) is 44.5 Å². The van der Waals surface area contributed by atoms with Crippen molar-refractivity contribution in [1.82, 2.24) is 78.4 Å². The Morgan fingerprint density at radius 2 is 1.18 bits per heavy atom. The smallest absolute Gasteiger partial charge is 0.312 e. The fraction of sp³-hybridized carbons (Fsp3) is 0.472. The van der Waals surface area contributed by atoms with Gasteiger partial charge in [0, 0.05) is 26.7 Å². The first-order valence-corrected chi connectivity index (χ1v) is 28.5. The van der Waals surface area contributed by atoms with Gasteiger partial charge in [0.05, 0.1) is 76.1 Å². The number of nitrogen functional groups attached to an aromatic ring is 3. The highest BCUT2D eigenvalue weighted by molar-refractivity contribution is 6.28. The summed E-state index contributed by atoms with van der Waals surface area (Å²) in [6.45, 7) is -1.49. The molecule has 92 heavy (non-hydrogen) atoms. The molecular formula is C53H67ClFN21O16. The molecule has 13 rings (SSSR count). The van der Waals surface area contributed by atoms with Crippen LogP contribution in [0.15, 0.2) is 68.2 Å². The zero-order valence-corrected chi connectivity index (χ0v) is 49.7. The molecule has 0 unspecified atom stereocenters. The number of nitrogens with two attached hydrogens (primary N) is 4. The molecule has 1 amide bonds. The van der Waals surface area contributed by atoms with Gasteiger partial charge in [-0.15, -0.1) is 0 Å². The molecule has 0 spiro atoms. The normalized spacial score (nSPS) is 27.2. The van der Waals surface area contributed by atoms with E-state index < -0.39 is 123 Å². The minimum atomic E-state index is -1.32. The van der Waals surface area contributed by atoms with Gasteiger partial charge in [0.1, 0.15) is 96.5 Å². The highest BCUT2D eigenvalue weighted by Gasteiger charge is 2.48. The topological polar surface area (TPSA) is 546 Å². The first-order valence-electron chi connectivity index (χ1n) is 28.1. The number of carbonyl (C=O) groups excluding carboxylic acids is 1. The molecule has 16 atom stereocenters. The number of carbonyl (C=O) groups is 1. The van der Waals surface area contributed by atoms with Gasteiger partial charge in [-0.3, -0.25) is 18.5 Å². The summed E-state index contributed by atoms with van der Waals surface area (Å²) in [4.78, 5) is 58.3. The molecule has 0 radical (unpaired) electrons. The van der Waals surface area contributed by atoms with Crippen molar-refractivity contribution >= 4 is 85.3 Å². The van der Waals surface area contributed by atoms with Crippen molar-refractivity contribution in [1.29, 1.82) is 0 Å². The lowest BCUT2D eigenvalue weighted by atomic mass is 10.0. The average molecular weight is 1310 g/mol. The number of fused-ring (bicyclic) bond motifs is 4. The van der Waals surface area contributed by atoms with E-state index in [-0.39, 0.29) is 41.3 Å². The number of anilines is 4. The number of hydrogen-bond acceptors (Lipinski definition) is 32. The van der Waals surface area contributed by atoms with Gasteiger partial charge in [-0.1, -0.05) is 12.1 Å². The number of aliphatic hydroxyl groups excluding tert-OH is 10. The Morgan fingerprint density at radius 1 is 0.641 bits per heavy atom. The monoisotopic (exact) mass is 1310 g/mol. The van der Waals surface area contributed by atoms with Gasteiger partial charge in [-0.05, 0) is 41.8 Å². The Labute approximate surface area is 523 Å². The summed E-state index contributed by atoms with van der Waals surface area (Å²) in [5, 5.41) is 101. The van der Waals surface area contributed by atoms with Crippen LogP contribution in [0.5, 0.6) is 5.75 Å². The Hall–Kier alpha value is -8.42. The molecule has 37 nitrogen and oxygen atoms in total. The maximum Gasteiger partial charge on any atom is 0.312 e. The Morgan fingerprint density at radius 3 is 1.78 bits per heavy atom. The molecule has 8 aromatic heterocycles. The third-order valence-electron chi connectivity index (χ3n) is 15.5. The summed E-state index contributed by atoms with van der Waals surface area (Å²) in [5.74, 6) is 1.24. The third-order valence-corrected chi connectivity index (χ3v) is 15.7. The van der Waals surface area contributed by atoms with Crippen molar-refractivity contribution in [2.75, 3.05) is 69.7 Å². The first kappa shape index (κ1) is 66.5. The van der Waals surface area contributed by atoms with E-state index in [1.807, 2.05) is 26.2 Å². The van der Waals surface area contributed by atoms with E-state index in [1.165, 1.54) is 36.2 Å². The number of nitrogens with zero attached hydrogens (tertiary/aromatic N) is 16. The molecule has 0 aliphatic carbocycles. The molecule has 1 aromatic carbocycles. The quantitative estimate of drug-likeness (QED) is 0.0458. The predicted molar refractivity (Wildman–Crippen MR) is 317 cm³/mol. The maximum absolute atomic E-state index is 13.2. The number of hydrogen-bond donors (Lipinski definition) is 15. The van der Waals surface area contributed by atoms with Crippen molar-refractivity contribution in [3.05, 3.63) is 85.1 Å². The fourth-order valence-corrected chi connectivity index (χ4v) is 10.9. The summed E-state index contributed by atoms with van der Waals surface area (Å²) < 4.78 is 46.5. The van der Waals surface area contributed by atoms with Crippen molar-refractivity contribution < 1.29 is 83.9 Å². The van der Waals surface area contributed by atoms with Crippen LogP contribution < -0.4 is 37.9 Å². The summed E-state index contributed by atoms with van der Waals surface area (Å²) in [7, 11) is 5.25. The number of halogens is 2. The second-order valence-corrected chi connectivity index (χ2v) is 21.9. The summed E-state index contributed by atoms with van der Waals surface area (Å²) >= 11 is 5.77. The average Bonchev–Trinajstić information content (AvgIpc) is 1.65. The van der Waals surface area contributed by atoms with Gasteiger partial charge >= 0.3 is 6.08 Å². The van der Waals surface area contributed by atoms with Gasteiger partial charge in [-0.2, -0.15) is 24.3 Å². The lowest BCUT2D eigenvalue weighted by molar-refractivity contribution is -0.124. The Bertz CT molecular complexity index is 4000. The lowest BCUT2D eigenvalue weighted by Crippen LogP contribution is -2.53. The number of aromatic nitrogens is 15. The molecule has 9 aromatic rings. The van der Waals surface area contributed by atoms with Crippen LogP contribution in [-0.2, 0) is 30.2 Å². The molecular weight excluding hydrogens is 1240 g/mol. The molecule has 4 saturated heterocycles. The molecule has 0 bridgehead atoms. The predicted octanol–water partition coefficient (Wildman–Crippen LogP) is -4.31. The van der Waals surface area contributed by atoms with E-state index in [0.717, 1.165) is 5.56 Å². The van der Waals surface area contributed by atoms with Crippen LogP contribution in [0.3, 0.4) is 0 Å². The number of rotatable bonds is 14. The second-order valence-electron chi connectivity index (χ2n) is 21.5. The van der Waals surface area contributed by atoms with Crippen molar-refractivity contribution in [3.8, 4) is 5.75 Å². The minimum Gasteiger partial charge on any atom is -0.497 e. The van der Waals surface area contributed by atoms with Crippen LogP contribution in [-0.4, -0.2) is 251 Å². The van der Waals surface area contributed by atoms with E-state index in [9.17, 15) is 44.9 Å². The number of benzene rings is 1. The van der Waals surface area contributed by atoms with E-state index >= 15 is 0 Å². The van der Waals surface area contributed by atoms with Crippen LogP contribution in [0.2, 0.25) is 5.28 Å². The highest BCUT2D eigenvalue weighted by atomic mass is 35.5. The number of methoxy groups -OCH3 is 1. The molecule has 19 N–H and O–H groups in total. The van der Waals surface area contributed by atoms with Gasteiger partial charge in [0.2, 0.25) is 11.2 Å². The molecule has 494 valence electrons. The first-order chi connectivity index (χ1) is 44.1. The summed E-state index contributed by atoms with van der Waals surface area (Å²) in [5.41, 5.74) is 26.5. The number of amides is 1. The van der Waals surface area contributed by atoms with Crippen molar-refractivity contribution in [2.24, 2.45) is 5.73 Å². The Balaban J connectivity index is 0.000000139. The van der Waals surface area contributed by atoms with Gasteiger partial charge < -0.3 is 112 Å². The van der Waals surface area contributed by atoms with E-state index in [0.29, 0.717) is 63.6 Å². The molecule has 0 saturated carbocycles. The number of aliphatic hydroxyl groups is 10. The van der Waals surface area contributed by atoms with Gasteiger partial charge in [0.15, 0.2) is 64.1 Å². The zero-order valence-electron chi connectivity index (χ0n) is 49.0. The van der Waals surface area contributed by atoms with Crippen molar-refractivity contribution in [2.45, 2.75) is 111 Å². The fourth-order valence-electron chi connectivity index (χ4n) is 10.7. The van der Waals surface area contributed by atoms with E-state index in [4.69, 9.17) is 73.5 Å². The van der Waals surface area contributed by atoms with Crippen molar-refractivity contribution in [3.63, 3.8) is 0 Å². The van der Waals surface area contributed by atoms with Gasteiger partial charge in [-0.25, -0.2) is 34.9 Å². The van der Waals surface area contributed by atoms with Gasteiger partial charge in [0.25, 0.3) is 0 Å². The standard InChI is InChI=1S/C22H29N7O5.C11H14N4O4.C10H12ClN5O3.C10H12FN5O4/c1-28(2)19-17-20(25-10-24-19)29(11-26-17)22-18(31)16(15(9-30)34-22)27-21(32)14(23)8-12-4-6-13(33-3)7-5-12;12-9-5-1-2-15(10(5)14-4-13-9)11-8(18)7(17)6(3-16)19-11;11-10-14-8(12)7-9(15-10)16(3-13-7)6-1-4(18)5(2-17)19-6;11-10-14-7(12)4-8(15-10)16(2-13-4)9-6(19)5(18)3(1-17)20-9/h4-7,10-11,14-16,18,22,30-31H,8-9,23H2,1-3H3,(H,27,32);1-2,4,6-8,11,16-18H,3H2,(H2,12,13,14);3-6,17-18H,1-2H2,(H2,12,14,15);2-3,5-6,9,17-19H,1H2,(H2,12,14,15)/t14-,15+,16+,18+,22+;6-,7-,8-,11-;4-,5+,6+;3-,5-,6+,9-/m0101/s1. The summed E-state index contributed by atoms with van der Waals surface area (Å²) in [6.07, 6.45) is -5.09. The SMILES string of the molecule is COc1ccc(C[C@H](N)C(=O)N[C@H]2[C@@H](O)[C@H](n3cnc4c(N(C)C)ncnc43)O[C@@H]2CO)cc1.Nc1nc(Cl)nc2c1ncn2[C@H]1C[C@H](O)[C@@H](CO)O1.Nc1nc(F)nc2c1ncn2[C@@H]1O[C@H](CO)[C@@H](O)[C@@H]1O.Nc1ncnc2c1ccn2[C@@H]1O[C@H](CO)[C@@H](O)[C@H]1O. The largest absolute Gasteiger partial charge is 0.497 e. The zero-order chi connectivity index (χ0) is 66.0. The number of ether oxygens (including phenoxy) is 5. The highest BCUT2D eigenvalue weighted by Crippen LogP contribution is 2.37. The third kappa shape index (κ3) is 13.3. The molecule has 4 aliphatic rings. The lowest BCUT2D eigenvalue weighted by Gasteiger charge is -2.23. The second kappa shape index (κ2) is 28.2. The summed E-state index contributed by atoms with van der Waals surface area (Å²) in [6, 6.07) is 7.23. The van der Waals surface area contributed by atoms with E-state index in [1.54, 1.807) is 50.1 Å². The maximum atomic E-state index is 13.2. The van der Waals surface area contributed by atoms with E-state index in [2.05, 4.69) is 60.1 Å². The van der Waals surface area contributed by atoms with Crippen LogP contribution in [0.1, 0.15) is 36.9 Å². The van der Waals surface area contributed by atoms with Crippen LogP contribution >= 0.6 is 11.6 Å². The molecule has 12 heterocycles. The van der Waals surface area contributed by atoms with Crippen LogP contribution in [0.4, 0.5) is 27.7 Å².